The van der Waals surface area contributed by atoms with Crippen LogP contribution in [-0.2, 0) is 17.6 Å². The summed E-state index contributed by atoms with van der Waals surface area (Å²) in [5, 5.41) is 0. The van der Waals surface area contributed by atoms with E-state index in [0.717, 1.165) is 38.0 Å². The lowest BCUT2D eigenvalue weighted by molar-refractivity contribution is -0.135. The fourth-order valence-corrected chi connectivity index (χ4v) is 3.92. The maximum absolute atomic E-state index is 12.9. The lowest BCUT2D eigenvalue weighted by Crippen LogP contribution is -2.39. The van der Waals surface area contributed by atoms with Crippen LogP contribution in [0.4, 0.5) is 0 Å². The molecule has 0 aromatic carbocycles. The minimum absolute atomic E-state index is 0.144. The van der Waals surface area contributed by atoms with Gasteiger partial charge in [-0.1, -0.05) is 18.9 Å². The number of likely N-dealkylation sites (tertiary alicyclic amines) is 1. The van der Waals surface area contributed by atoms with Gasteiger partial charge < -0.3 is 9.30 Å². The molecule has 1 aliphatic heterocycles. The highest BCUT2D eigenvalue weighted by Crippen LogP contribution is 2.28. The fourth-order valence-electron chi connectivity index (χ4n) is 3.92. The Morgan fingerprint density at radius 2 is 1.95 bits per heavy atom. The Kier molecular flexibility index (Phi) is 3.60. The first-order valence-electron chi connectivity index (χ1n) is 8.56. The SMILES string of the molecule is O=C(C1CCc2nc3ccccn3c2C1)N1CCCCCC1. The summed E-state index contributed by atoms with van der Waals surface area (Å²) in [4.78, 5) is 19.7. The summed E-state index contributed by atoms with van der Waals surface area (Å²) in [6.07, 6.45) is 9.67. The standard InChI is InChI=1S/C18H23N3O/c22-18(20-10-4-1-2-5-11-20)14-8-9-15-16(13-14)21-12-6-3-7-17(21)19-15/h3,6-7,12,14H,1-2,4-5,8-11,13H2. The number of carbonyl (C=O) groups excluding carboxylic acids is 1. The summed E-state index contributed by atoms with van der Waals surface area (Å²) in [6.45, 7) is 1.91. The van der Waals surface area contributed by atoms with E-state index >= 15 is 0 Å². The Hall–Kier alpha value is -1.84. The van der Waals surface area contributed by atoms with Crippen LogP contribution in [0.25, 0.3) is 5.65 Å². The molecule has 4 heteroatoms. The zero-order valence-electron chi connectivity index (χ0n) is 13.0. The first-order chi connectivity index (χ1) is 10.8. The number of fused-ring (bicyclic) bond motifs is 3. The lowest BCUT2D eigenvalue weighted by Gasteiger charge is -2.28. The van der Waals surface area contributed by atoms with Gasteiger partial charge in [0.05, 0.1) is 5.69 Å². The average Bonchev–Trinajstić information content (AvgIpc) is 2.73. The smallest absolute Gasteiger partial charge is 0.226 e. The highest BCUT2D eigenvalue weighted by atomic mass is 16.2. The number of nitrogens with zero attached hydrogens (tertiary/aromatic N) is 3. The molecule has 1 aliphatic carbocycles. The van der Waals surface area contributed by atoms with Gasteiger partial charge in [-0.25, -0.2) is 4.98 Å². The van der Waals surface area contributed by atoms with Crippen LogP contribution in [0.3, 0.4) is 0 Å². The number of hydrogen-bond donors (Lipinski definition) is 0. The van der Waals surface area contributed by atoms with E-state index in [9.17, 15) is 4.79 Å². The number of pyridine rings is 1. The quantitative estimate of drug-likeness (QED) is 0.811. The van der Waals surface area contributed by atoms with Crippen molar-refractivity contribution in [1.82, 2.24) is 14.3 Å². The van der Waals surface area contributed by atoms with Crippen LogP contribution in [0.1, 0.15) is 43.5 Å². The summed E-state index contributed by atoms with van der Waals surface area (Å²) < 4.78 is 2.16. The molecule has 3 heterocycles. The van der Waals surface area contributed by atoms with E-state index in [2.05, 4.69) is 15.5 Å². The molecule has 1 saturated heterocycles. The van der Waals surface area contributed by atoms with E-state index in [1.165, 1.54) is 37.1 Å². The lowest BCUT2D eigenvalue weighted by atomic mass is 9.88. The molecule has 0 bridgehead atoms. The van der Waals surface area contributed by atoms with E-state index in [1.807, 2.05) is 18.2 Å². The Morgan fingerprint density at radius 1 is 1.14 bits per heavy atom. The minimum Gasteiger partial charge on any atom is -0.342 e. The van der Waals surface area contributed by atoms with E-state index in [-0.39, 0.29) is 5.92 Å². The topological polar surface area (TPSA) is 37.6 Å². The Balaban J connectivity index is 1.57. The molecule has 1 unspecified atom stereocenters. The van der Waals surface area contributed by atoms with E-state index in [1.54, 1.807) is 0 Å². The monoisotopic (exact) mass is 297 g/mol. The highest BCUT2D eigenvalue weighted by Gasteiger charge is 2.30. The van der Waals surface area contributed by atoms with Crippen LogP contribution in [0.15, 0.2) is 24.4 Å². The number of carbonyl (C=O) groups is 1. The number of aromatic nitrogens is 2. The largest absolute Gasteiger partial charge is 0.342 e. The summed E-state index contributed by atoms with van der Waals surface area (Å²) in [6, 6.07) is 6.10. The molecule has 1 fully saturated rings. The zero-order chi connectivity index (χ0) is 14.9. The number of aryl methyl sites for hydroxylation is 1. The first kappa shape index (κ1) is 13.8. The van der Waals surface area contributed by atoms with E-state index in [4.69, 9.17) is 4.98 Å². The normalized spacial score (nSPS) is 22.4. The Bertz CT molecular complexity index is 683. The van der Waals surface area contributed by atoms with Gasteiger partial charge in [0.1, 0.15) is 5.65 Å². The van der Waals surface area contributed by atoms with Crippen molar-refractivity contribution >= 4 is 11.6 Å². The van der Waals surface area contributed by atoms with Crippen LogP contribution in [0, 0.1) is 5.92 Å². The van der Waals surface area contributed by atoms with Gasteiger partial charge >= 0.3 is 0 Å². The van der Waals surface area contributed by atoms with Gasteiger partial charge in [0, 0.05) is 37.3 Å². The third-order valence-electron chi connectivity index (χ3n) is 5.15. The second-order valence-corrected chi connectivity index (χ2v) is 6.61. The minimum atomic E-state index is 0.144. The van der Waals surface area contributed by atoms with Crippen molar-refractivity contribution in [2.24, 2.45) is 5.92 Å². The molecule has 4 nitrogen and oxygen atoms in total. The van der Waals surface area contributed by atoms with Crippen LogP contribution < -0.4 is 0 Å². The van der Waals surface area contributed by atoms with Crippen LogP contribution in [-0.4, -0.2) is 33.3 Å². The van der Waals surface area contributed by atoms with Crippen molar-refractivity contribution < 1.29 is 4.79 Å². The summed E-state index contributed by atoms with van der Waals surface area (Å²) >= 11 is 0. The van der Waals surface area contributed by atoms with Gasteiger partial charge in [-0.05, 0) is 37.8 Å². The summed E-state index contributed by atoms with van der Waals surface area (Å²) in [7, 11) is 0. The molecule has 1 amide bonds. The van der Waals surface area contributed by atoms with Crippen molar-refractivity contribution in [3.05, 3.63) is 35.8 Å². The van der Waals surface area contributed by atoms with Gasteiger partial charge in [-0.2, -0.15) is 0 Å². The molecule has 0 radical (unpaired) electrons. The van der Waals surface area contributed by atoms with Gasteiger partial charge in [0.15, 0.2) is 0 Å². The fraction of sp³-hybridized carbons (Fsp3) is 0.556. The maximum Gasteiger partial charge on any atom is 0.226 e. The molecule has 4 rings (SSSR count). The third kappa shape index (κ3) is 2.40. The van der Waals surface area contributed by atoms with Crippen molar-refractivity contribution in [3.8, 4) is 0 Å². The van der Waals surface area contributed by atoms with Crippen molar-refractivity contribution in [2.45, 2.75) is 44.9 Å². The predicted octanol–water partition coefficient (Wildman–Crippen LogP) is 2.84. The van der Waals surface area contributed by atoms with Crippen molar-refractivity contribution in [2.75, 3.05) is 13.1 Å². The van der Waals surface area contributed by atoms with Gasteiger partial charge in [-0.3, -0.25) is 4.79 Å². The molecule has 116 valence electrons. The number of rotatable bonds is 1. The highest BCUT2D eigenvalue weighted by molar-refractivity contribution is 5.79. The van der Waals surface area contributed by atoms with Crippen LogP contribution in [0.5, 0.6) is 0 Å². The van der Waals surface area contributed by atoms with Gasteiger partial charge in [0.25, 0.3) is 0 Å². The molecule has 2 aromatic rings. The Morgan fingerprint density at radius 3 is 2.77 bits per heavy atom. The molecule has 2 aliphatic rings. The maximum atomic E-state index is 12.9. The second-order valence-electron chi connectivity index (χ2n) is 6.61. The average molecular weight is 297 g/mol. The molecule has 0 N–H and O–H groups in total. The van der Waals surface area contributed by atoms with Gasteiger partial charge in [-0.15, -0.1) is 0 Å². The third-order valence-corrected chi connectivity index (χ3v) is 5.15. The number of amides is 1. The number of hydrogen-bond acceptors (Lipinski definition) is 2. The van der Waals surface area contributed by atoms with Crippen LogP contribution in [0.2, 0.25) is 0 Å². The molecule has 0 saturated carbocycles. The van der Waals surface area contributed by atoms with Crippen molar-refractivity contribution in [3.63, 3.8) is 0 Å². The Labute approximate surface area is 131 Å². The van der Waals surface area contributed by atoms with E-state index < -0.39 is 0 Å². The second kappa shape index (κ2) is 5.75. The first-order valence-corrected chi connectivity index (χ1v) is 8.56. The molecule has 0 spiro atoms. The number of imidazole rings is 1. The van der Waals surface area contributed by atoms with Crippen molar-refractivity contribution in [1.29, 1.82) is 0 Å². The van der Waals surface area contributed by atoms with Gasteiger partial charge in [0.2, 0.25) is 5.91 Å². The molecular weight excluding hydrogens is 274 g/mol. The molecule has 2 aromatic heterocycles. The predicted molar refractivity (Wildman–Crippen MR) is 85.8 cm³/mol. The molecule has 22 heavy (non-hydrogen) atoms. The molecule has 1 atom stereocenters. The van der Waals surface area contributed by atoms with Crippen LogP contribution >= 0.6 is 0 Å². The molecular formula is C18H23N3O. The zero-order valence-corrected chi connectivity index (χ0v) is 13.0. The van der Waals surface area contributed by atoms with E-state index in [0.29, 0.717) is 5.91 Å². The summed E-state index contributed by atoms with van der Waals surface area (Å²) in [5.41, 5.74) is 3.44. The summed E-state index contributed by atoms with van der Waals surface area (Å²) in [5.74, 6) is 0.518.